The zero-order valence-corrected chi connectivity index (χ0v) is 21.5. The number of carbonyl (C=O) groups is 2. The van der Waals surface area contributed by atoms with Gasteiger partial charge in [-0.05, 0) is 52.9 Å². The molecule has 6 nitrogen and oxygen atoms in total. The molecule has 0 bridgehead atoms. The largest absolute Gasteiger partial charge is 0.435 e. The van der Waals surface area contributed by atoms with Crippen molar-refractivity contribution in [2.24, 2.45) is 5.16 Å². The summed E-state index contributed by atoms with van der Waals surface area (Å²) in [5.41, 5.74) is -2.39. The highest BCUT2D eigenvalue weighted by Gasteiger charge is 2.62. The van der Waals surface area contributed by atoms with Crippen molar-refractivity contribution in [2.45, 2.75) is 18.2 Å². The van der Waals surface area contributed by atoms with Crippen LogP contribution < -0.4 is 10.6 Å². The van der Waals surface area contributed by atoms with Crippen LogP contribution in [-0.2, 0) is 15.2 Å². The number of halogens is 7. The van der Waals surface area contributed by atoms with E-state index in [9.17, 15) is 22.8 Å². The molecular formula is C21H16Cl3F3IN3O3. The minimum atomic E-state index is -4.82. The highest BCUT2D eigenvalue weighted by molar-refractivity contribution is 14.1. The standard InChI is InChI=1S/C21H16Cl3F3IN3O3/c22-3-4-29-18(32)10-30-19(33)15-2-1-11(5-16(15)28)17-9-20(34-31-17,21(25,26)27)12-6-13(23)8-14(24)7-12/h1-2,5-8H,3-4,9-10H2,(H,29,32)(H,30,33). The third-order valence-corrected chi connectivity index (χ3v) is 6.41. The quantitative estimate of drug-likeness (QED) is 0.318. The molecule has 0 saturated heterocycles. The summed E-state index contributed by atoms with van der Waals surface area (Å²) in [5, 5.41) is 8.76. The van der Waals surface area contributed by atoms with Crippen molar-refractivity contribution in [1.29, 1.82) is 0 Å². The van der Waals surface area contributed by atoms with Gasteiger partial charge >= 0.3 is 6.18 Å². The monoisotopic (exact) mass is 647 g/mol. The summed E-state index contributed by atoms with van der Waals surface area (Å²) in [6.07, 6.45) is -5.43. The lowest BCUT2D eigenvalue weighted by molar-refractivity contribution is -0.275. The Hall–Kier alpha value is -1.76. The predicted molar refractivity (Wildman–Crippen MR) is 132 cm³/mol. The molecular weight excluding hydrogens is 633 g/mol. The Labute approximate surface area is 221 Å². The molecule has 182 valence electrons. The molecule has 2 N–H and O–H groups in total. The number of nitrogens with zero attached hydrogens (tertiary/aromatic N) is 1. The number of nitrogens with one attached hydrogen (secondary N) is 2. The van der Waals surface area contributed by atoms with Crippen LogP contribution in [0.25, 0.3) is 0 Å². The van der Waals surface area contributed by atoms with Gasteiger partial charge < -0.3 is 15.5 Å². The number of hydrogen-bond donors (Lipinski definition) is 2. The normalized spacial score (nSPS) is 17.7. The molecule has 3 rings (SSSR count). The Balaban J connectivity index is 1.80. The Morgan fingerprint density at radius 2 is 1.79 bits per heavy atom. The van der Waals surface area contributed by atoms with Crippen LogP contribution in [0.3, 0.4) is 0 Å². The number of amides is 2. The van der Waals surface area contributed by atoms with Gasteiger partial charge in [-0.15, -0.1) is 11.6 Å². The van der Waals surface area contributed by atoms with Crippen molar-refractivity contribution in [3.63, 3.8) is 0 Å². The van der Waals surface area contributed by atoms with Crippen molar-refractivity contribution in [2.75, 3.05) is 19.0 Å². The summed E-state index contributed by atoms with van der Waals surface area (Å²) in [4.78, 5) is 29.0. The van der Waals surface area contributed by atoms with Gasteiger partial charge in [0.05, 0.1) is 17.8 Å². The van der Waals surface area contributed by atoms with Crippen LogP contribution in [0.4, 0.5) is 13.2 Å². The minimum absolute atomic E-state index is 0.0319. The minimum Gasteiger partial charge on any atom is -0.374 e. The SMILES string of the molecule is O=C(CNC(=O)c1ccc(C2=NOC(c3cc(Cl)cc(Cl)c3)(C(F)(F)F)C2)cc1I)NCCCl. The smallest absolute Gasteiger partial charge is 0.374 e. The molecule has 13 heteroatoms. The van der Waals surface area contributed by atoms with Crippen molar-refractivity contribution in [3.05, 3.63) is 66.7 Å². The molecule has 0 spiro atoms. The maximum absolute atomic E-state index is 14.2. The maximum Gasteiger partial charge on any atom is 0.435 e. The molecule has 0 aromatic heterocycles. The van der Waals surface area contributed by atoms with E-state index in [1.54, 1.807) is 0 Å². The van der Waals surface area contributed by atoms with E-state index < -0.39 is 30.0 Å². The van der Waals surface area contributed by atoms with Crippen LogP contribution >= 0.6 is 57.4 Å². The Kier molecular flexibility index (Phi) is 8.59. The van der Waals surface area contributed by atoms with Gasteiger partial charge in [0.2, 0.25) is 5.91 Å². The molecule has 0 fully saturated rings. The van der Waals surface area contributed by atoms with E-state index in [1.807, 2.05) is 22.6 Å². The van der Waals surface area contributed by atoms with Crippen LogP contribution in [0.15, 0.2) is 41.6 Å². The lowest BCUT2D eigenvalue weighted by Crippen LogP contribution is -2.42. The molecule has 0 saturated carbocycles. The zero-order chi connectivity index (χ0) is 25.1. The second-order valence-electron chi connectivity index (χ2n) is 7.21. The fraction of sp³-hybridized carbons (Fsp3) is 0.286. The van der Waals surface area contributed by atoms with Crippen LogP contribution in [-0.4, -0.2) is 42.7 Å². The van der Waals surface area contributed by atoms with Crippen LogP contribution in [0, 0.1) is 3.57 Å². The summed E-state index contributed by atoms with van der Waals surface area (Å²) in [6, 6.07) is 8.02. The summed E-state index contributed by atoms with van der Waals surface area (Å²) >= 11 is 19.2. The second-order valence-corrected chi connectivity index (χ2v) is 9.62. The van der Waals surface area contributed by atoms with E-state index in [1.165, 1.54) is 24.3 Å². The van der Waals surface area contributed by atoms with Crippen LogP contribution in [0.5, 0.6) is 0 Å². The van der Waals surface area contributed by atoms with Crippen LogP contribution in [0.1, 0.15) is 27.9 Å². The number of benzene rings is 2. The molecule has 0 aliphatic carbocycles. The number of oxime groups is 1. The summed E-state index contributed by atoms with van der Waals surface area (Å²) < 4.78 is 42.9. The van der Waals surface area contributed by atoms with Gasteiger partial charge in [0, 0.05) is 43.6 Å². The zero-order valence-electron chi connectivity index (χ0n) is 17.1. The van der Waals surface area contributed by atoms with Gasteiger partial charge in [-0.2, -0.15) is 13.2 Å². The first-order chi connectivity index (χ1) is 16.0. The Morgan fingerprint density at radius 1 is 1.12 bits per heavy atom. The average Bonchev–Trinajstić information content (AvgIpc) is 3.22. The second kappa shape index (κ2) is 10.9. The van der Waals surface area contributed by atoms with E-state index in [-0.39, 0.29) is 45.9 Å². The highest BCUT2D eigenvalue weighted by Crippen LogP contribution is 2.49. The van der Waals surface area contributed by atoms with Crippen molar-refractivity contribution in [1.82, 2.24) is 10.6 Å². The van der Waals surface area contributed by atoms with E-state index >= 15 is 0 Å². The Morgan fingerprint density at radius 3 is 2.38 bits per heavy atom. The lowest BCUT2D eigenvalue weighted by Gasteiger charge is -2.29. The average molecular weight is 649 g/mol. The van der Waals surface area contributed by atoms with E-state index in [2.05, 4.69) is 15.8 Å². The molecule has 2 amide bonds. The van der Waals surface area contributed by atoms with Crippen molar-refractivity contribution in [3.8, 4) is 0 Å². The highest BCUT2D eigenvalue weighted by atomic mass is 127. The Bertz CT molecular complexity index is 1130. The first-order valence-electron chi connectivity index (χ1n) is 9.66. The predicted octanol–water partition coefficient (Wildman–Crippen LogP) is 5.27. The topological polar surface area (TPSA) is 79.8 Å². The molecule has 2 aromatic rings. The van der Waals surface area contributed by atoms with Crippen molar-refractivity contribution < 1.29 is 27.6 Å². The van der Waals surface area contributed by atoms with Gasteiger partial charge in [-0.25, -0.2) is 0 Å². The summed E-state index contributed by atoms with van der Waals surface area (Å²) in [7, 11) is 0. The fourth-order valence-corrected chi connectivity index (χ4v) is 4.61. The van der Waals surface area contributed by atoms with E-state index in [0.717, 1.165) is 12.1 Å². The summed E-state index contributed by atoms with van der Waals surface area (Å²) in [6.45, 7) is 0.0257. The first-order valence-corrected chi connectivity index (χ1v) is 12.0. The van der Waals surface area contributed by atoms with Gasteiger partial charge in [-0.3, -0.25) is 9.59 Å². The first kappa shape index (κ1) is 26.8. The molecule has 1 unspecified atom stereocenters. The van der Waals surface area contributed by atoms with Crippen molar-refractivity contribution >= 4 is 74.9 Å². The molecule has 1 heterocycles. The van der Waals surface area contributed by atoms with Crippen LogP contribution in [0.2, 0.25) is 10.0 Å². The third kappa shape index (κ3) is 5.89. The number of alkyl halides is 4. The summed E-state index contributed by atoms with van der Waals surface area (Å²) in [5.74, 6) is -0.672. The third-order valence-electron chi connectivity index (χ3n) is 4.89. The van der Waals surface area contributed by atoms with Gasteiger partial charge in [-0.1, -0.05) is 34.4 Å². The van der Waals surface area contributed by atoms with Gasteiger partial charge in [0.15, 0.2) is 0 Å². The molecule has 1 aliphatic heterocycles. The molecule has 0 radical (unpaired) electrons. The molecule has 2 aromatic carbocycles. The molecule has 1 aliphatic rings. The lowest BCUT2D eigenvalue weighted by atomic mass is 9.86. The van der Waals surface area contributed by atoms with E-state index in [0.29, 0.717) is 9.13 Å². The molecule has 1 atom stereocenters. The number of rotatable bonds is 7. The number of hydrogen-bond acceptors (Lipinski definition) is 4. The van der Waals surface area contributed by atoms with Gasteiger partial charge in [0.1, 0.15) is 0 Å². The maximum atomic E-state index is 14.2. The van der Waals surface area contributed by atoms with Gasteiger partial charge in [0.25, 0.3) is 11.5 Å². The fourth-order valence-electron chi connectivity index (χ4n) is 3.23. The molecule has 34 heavy (non-hydrogen) atoms. The van der Waals surface area contributed by atoms with E-state index in [4.69, 9.17) is 39.6 Å². The number of carbonyl (C=O) groups excluding carboxylic acids is 2.